The van der Waals surface area contributed by atoms with Crippen LogP contribution in [0.5, 0.6) is 0 Å². The highest BCUT2D eigenvalue weighted by atomic mass is 32.2. The Morgan fingerprint density at radius 3 is 2.24 bits per heavy atom. The van der Waals surface area contributed by atoms with Gasteiger partial charge < -0.3 is 5.32 Å². The highest BCUT2D eigenvalue weighted by Gasteiger charge is 2.36. The van der Waals surface area contributed by atoms with Crippen molar-refractivity contribution in [1.82, 2.24) is 9.62 Å². The number of piperazine rings is 1. The maximum Gasteiger partial charge on any atom is 0.269 e. The monoisotopic (exact) mass is 311 g/mol. The normalized spacial score (nSPS) is 26.5. The number of hydrogen-bond donors (Lipinski definition) is 1. The minimum atomic E-state index is -3.58. The maximum atomic E-state index is 12.6. The molecule has 2 saturated heterocycles. The van der Waals surface area contributed by atoms with Crippen LogP contribution in [0.25, 0.3) is 0 Å². The van der Waals surface area contributed by atoms with Gasteiger partial charge >= 0.3 is 0 Å². The summed E-state index contributed by atoms with van der Waals surface area (Å²) in [4.78, 5) is 10.2. The van der Waals surface area contributed by atoms with Gasteiger partial charge in [-0.3, -0.25) is 10.1 Å². The predicted molar refractivity (Wildman–Crippen MR) is 76.4 cm³/mol. The number of nitrogens with one attached hydrogen (secondary N) is 1. The first kappa shape index (κ1) is 14.4. The van der Waals surface area contributed by atoms with Gasteiger partial charge in [0.2, 0.25) is 10.0 Å². The van der Waals surface area contributed by atoms with Crippen molar-refractivity contribution in [2.45, 2.75) is 36.2 Å². The van der Waals surface area contributed by atoms with E-state index in [4.69, 9.17) is 0 Å². The van der Waals surface area contributed by atoms with Gasteiger partial charge in [0, 0.05) is 37.3 Å². The zero-order valence-electron chi connectivity index (χ0n) is 11.4. The first-order chi connectivity index (χ1) is 9.96. The Bertz CT molecular complexity index is 632. The van der Waals surface area contributed by atoms with Crippen molar-refractivity contribution >= 4 is 15.7 Å². The summed E-state index contributed by atoms with van der Waals surface area (Å²) in [6.07, 6.45) is 3.11. The molecule has 0 amide bonds. The lowest BCUT2D eigenvalue weighted by atomic mass is 9.96. The molecule has 2 unspecified atom stereocenters. The van der Waals surface area contributed by atoms with Crippen molar-refractivity contribution in [2.24, 2.45) is 0 Å². The molecule has 21 heavy (non-hydrogen) atoms. The molecule has 1 aromatic rings. The molecule has 2 fully saturated rings. The van der Waals surface area contributed by atoms with Crippen molar-refractivity contribution in [3.05, 3.63) is 34.4 Å². The molecule has 2 aliphatic rings. The predicted octanol–water partition coefficient (Wildman–Crippen LogP) is 1.11. The first-order valence-corrected chi connectivity index (χ1v) is 8.41. The number of nitrogens with zero attached hydrogens (tertiary/aromatic N) is 2. The van der Waals surface area contributed by atoms with Gasteiger partial charge in [0.1, 0.15) is 0 Å². The lowest BCUT2D eigenvalue weighted by Crippen LogP contribution is -2.59. The lowest BCUT2D eigenvalue weighted by molar-refractivity contribution is -0.384. The van der Waals surface area contributed by atoms with Crippen LogP contribution in [0.3, 0.4) is 0 Å². The van der Waals surface area contributed by atoms with Crippen LogP contribution in [-0.2, 0) is 10.0 Å². The molecule has 2 atom stereocenters. The Balaban J connectivity index is 1.84. The molecule has 0 aromatic heterocycles. The van der Waals surface area contributed by atoms with Gasteiger partial charge in [-0.25, -0.2) is 8.42 Å². The summed E-state index contributed by atoms with van der Waals surface area (Å²) in [6, 6.07) is 5.51. The molecule has 114 valence electrons. The largest absolute Gasteiger partial charge is 0.309 e. The summed E-state index contributed by atoms with van der Waals surface area (Å²) >= 11 is 0. The highest BCUT2D eigenvalue weighted by Crippen LogP contribution is 2.25. The van der Waals surface area contributed by atoms with Crippen molar-refractivity contribution in [2.75, 3.05) is 13.1 Å². The van der Waals surface area contributed by atoms with Crippen molar-refractivity contribution in [3.63, 3.8) is 0 Å². The summed E-state index contributed by atoms with van der Waals surface area (Å²) in [5.41, 5.74) is -0.105. The van der Waals surface area contributed by atoms with E-state index in [1.54, 1.807) is 0 Å². The molecule has 7 nitrogen and oxygen atoms in total. The van der Waals surface area contributed by atoms with Crippen LogP contribution in [-0.4, -0.2) is 42.8 Å². The third-order valence-corrected chi connectivity index (χ3v) is 5.96. The van der Waals surface area contributed by atoms with E-state index in [0.29, 0.717) is 13.1 Å². The molecule has 8 heteroatoms. The number of sulfonamides is 1. The van der Waals surface area contributed by atoms with Crippen LogP contribution in [0.15, 0.2) is 29.2 Å². The zero-order valence-corrected chi connectivity index (χ0v) is 12.3. The first-order valence-electron chi connectivity index (χ1n) is 6.97. The van der Waals surface area contributed by atoms with E-state index >= 15 is 0 Å². The Morgan fingerprint density at radius 1 is 1.14 bits per heavy atom. The Labute approximate surface area is 123 Å². The number of nitro benzene ring substituents is 1. The van der Waals surface area contributed by atoms with E-state index < -0.39 is 14.9 Å². The summed E-state index contributed by atoms with van der Waals surface area (Å²) in [7, 11) is -3.58. The third-order valence-electron chi connectivity index (χ3n) is 4.11. The van der Waals surface area contributed by atoms with Gasteiger partial charge in [0.15, 0.2) is 0 Å². The molecule has 0 radical (unpaired) electrons. The van der Waals surface area contributed by atoms with Gasteiger partial charge in [-0.2, -0.15) is 4.31 Å². The zero-order chi connectivity index (χ0) is 15.0. The molecule has 0 saturated carbocycles. The van der Waals surface area contributed by atoms with E-state index in [9.17, 15) is 18.5 Å². The van der Waals surface area contributed by atoms with Crippen LogP contribution >= 0.6 is 0 Å². The van der Waals surface area contributed by atoms with E-state index in [0.717, 1.165) is 19.3 Å². The second-order valence-electron chi connectivity index (χ2n) is 5.56. The summed E-state index contributed by atoms with van der Waals surface area (Å²) in [5.74, 6) is 0. The van der Waals surface area contributed by atoms with Crippen molar-refractivity contribution in [1.29, 1.82) is 0 Å². The smallest absolute Gasteiger partial charge is 0.269 e. The topological polar surface area (TPSA) is 92.5 Å². The van der Waals surface area contributed by atoms with Gasteiger partial charge in [-0.1, -0.05) is 6.42 Å². The van der Waals surface area contributed by atoms with Crippen LogP contribution in [0.2, 0.25) is 0 Å². The van der Waals surface area contributed by atoms with Gasteiger partial charge in [0.05, 0.1) is 9.82 Å². The number of non-ortho nitro benzene ring substituents is 1. The molecule has 2 aliphatic heterocycles. The van der Waals surface area contributed by atoms with E-state index in [1.165, 1.54) is 28.6 Å². The van der Waals surface area contributed by atoms with Gasteiger partial charge in [-0.05, 0) is 25.0 Å². The molecule has 2 heterocycles. The van der Waals surface area contributed by atoms with Crippen LogP contribution in [0.4, 0.5) is 5.69 Å². The fourth-order valence-corrected chi connectivity index (χ4v) is 4.58. The van der Waals surface area contributed by atoms with E-state index in [1.807, 2.05) is 0 Å². The minimum Gasteiger partial charge on any atom is -0.309 e. The Morgan fingerprint density at radius 2 is 1.71 bits per heavy atom. The molecule has 0 aliphatic carbocycles. The van der Waals surface area contributed by atoms with Crippen molar-refractivity contribution < 1.29 is 13.3 Å². The average Bonchev–Trinajstić information content (AvgIpc) is 2.47. The quantitative estimate of drug-likeness (QED) is 0.667. The molecule has 0 spiro atoms. The highest BCUT2D eigenvalue weighted by molar-refractivity contribution is 7.89. The van der Waals surface area contributed by atoms with Crippen LogP contribution in [0.1, 0.15) is 19.3 Å². The molecule has 3 rings (SSSR count). The second kappa shape index (κ2) is 5.36. The van der Waals surface area contributed by atoms with Crippen LogP contribution in [0, 0.1) is 10.1 Å². The standard InChI is InChI=1S/C13H17N3O4S/c17-16(18)12-4-6-13(7-5-12)21(19,20)15-8-10-2-1-3-11(9-15)14-10/h4-7,10-11,14H,1-3,8-9H2. The maximum absolute atomic E-state index is 12.6. The molecule has 2 bridgehead atoms. The summed E-state index contributed by atoms with van der Waals surface area (Å²) < 4.78 is 26.8. The number of piperidine rings is 1. The van der Waals surface area contributed by atoms with Gasteiger partial charge in [0.25, 0.3) is 5.69 Å². The number of hydrogen-bond acceptors (Lipinski definition) is 5. The van der Waals surface area contributed by atoms with Gasteiger partial charge in [-0.15, -0.1) is 0 Å². The fourth-order valence-electron chi connectivity index (χ4n) is 3.05. The Hall–Kier alpha value is -1.51. The fraction of sp³-hybridized carbons (Fsp3) is 0.538. The summed E-state index contributed by atoms with van der Waals surface area (Å²) in [5, 5.41) is 14.1. The number of fused-ring (bicyclic) bond motifs is 2. The minimum absolute atomic E-state index is 0.105. The average molecular weight is 311 g/mol. The molecular weight excluding hydrogens is 294 g/mol. The lowest BCUT2D eigenvalue weighted by Gasteiger charge is -2.41. The summed E-state index contributed by atoms with van der Waals surface area (Å²) in [6.45, 7) is 0.936. The SMILES string of the molecule is O=[N+]([O-])c1ccc(S(=O)(=O)N2CC3CCCC(C2)N3)cc1. The number of nitro groups is 1. The van der Waals surface area contributed by atoms with Crippen molar-refractivity contribution in [3.8, 4) is 0 Å². The van der Waals surface area contributed by atoms with E-state index in [-0.39, 0.29) is 22.7 Å². The molecule has 1 N–H and O–H groups in total. The molecule has 1 aromatic carbocycles. The third kappa shape index (κ3) is 2.78. The molecular formula is C13H17N3O4S. The van der Waals surface area contributed by atoms with E-state index in [2.05, 4.69) is 5.32 Å². The number of rotatable bonds is 3. The Kier molecular flexibility index (Phi) is 3.68. The number of benzene rings is 1. The van der Waals surface area contributed by atoms with Crippen LogP contribution < -0.4 is 5.32 Å². The second-order valence-corrected chi connectivity index (χ2v) is 7.50.